The molecule has 0 aromatic carbocycles. The number of rotatable bonds is 4. The molecular formula is C16H29N5. The van der Waals surface area contributed by atoms with E-state index in [4.69, 9.17) is 5.73 Å². The molecule has 2 aliphatic rings. The van der Waals surface area contributed by atoms with Crippen molar-refractivity contribution in [3.63, 3.8) is 0 Å². The summed E-state index contributed by atoms with van der Waals surface area (Å²) in [6, 6.07) is 1.06. The summed E-state index contributed by atoms with van der Waals surface area (Å²) in [6.45, 7) is 7.73. The number of nitrogens with two attached hydrogens (primary N) is 1. The highest BCUT2D eigenvalue weighted by molar-refractivity contribution is 5.21. The molecule has 0 aliphatic carbocycles. The van der Waals surface area contributed by atoms with Crippen LogP contribution in [0, 0.1) is 6.92 Å². The Morgan fingerprint density at radius 1 is 1.29 bits per heavy atom. The molecule has 2 unspecified atom stereocenters. The monoisotopic (exact) mass is 291 g/mol. The van der Waals surface area contributed by atoms with Crippen molar-refractivity contribution in [2.24, 2.45) is 12.8 Å². The largest absolute Gasteiger partial charge is 0.329 e. The first-order valence-corrected chi connectivity index (χ1v) is 8.37. The molecule has 0 spiro atoms. The zero-order valence-electron chi connectivity index (χ0n) is 13.5. The third-order valence-electron chi connectivity index (χ3n) is 5.40. The van der Waals surface area contributed by atoms with Gasteiger partial charge in [0.15, 0.2) is 0 Å². The van der Waals surface area contributed by atoms with Gasteiger partial charge in [-0.05, 0) is 39.3 Å². The SMILES string of the molecule is Cc1c(C(CN)N2CCC(N3CCCCC3)C2)cnn1C. The molecule has 2 aliphatic heterocycles. The van der Waals surface area contributed by atoms with E-state index in [1.54, 1.807) is 0 Å². The van der Waals surface area contributed by atoms with Crippen LogP contribution in [0.1, 0.15) is 43.0 Å². The number of nitrogens with zero attached hydrogens (tertiary/aromatic N) is 4. The van der Waals surface area contributed by atoms with E-state index in [9.17, 15) is 0 Å². The Hall–Kier alpha value is -0.910. The molecule has 0 radical (unpaired) electrons. The van der Waals surface area contributed by atoms with Gasteiger partial charge in [0.25, 0.3) is 0 Å². The molecule has 5 nitrogen and oxygen atoms in total. The van der Waals surface area contributed by atoms with Crippen molar-refractivity contribution >= 4 is 0 Å². The number of hydrogen-bond donors (Lipinski definition) is 1. The highest BCUT2D eigenvalue weighted by Gasteiger charge is 2.33. The third kappa shape index (κ3) is 3.00. The molecule has 3 heterocycles. The van der Waals surface area contributed by atoms with E-state index in [1.807, 2.05) is 17.9 Å². The third-order valence-corrected chi connectivity index (χ3v) is 5.40. The van der Waals surface area contributed by atoms with Crippen LogP contribution < -0.4 is 5.73 Å². The van der Waals surface area contributed by atoms with Gasteiger partial charge in [0.2, 0.25) is 0 Å². The quantitative estimate of drug-likeness (QED) is 0.908. The molecule has 3 rings (SSSR count). The average Bonchev–Trinajstić information content (AvgIpc) is 3.12. The summed E-state index contributed by atoms with van der Waals surface area (Å²) in [5.41, 5.74) is 8.64. The van der Waals surface area contributed by atoms with Gasteiger partial charge in [-0.15, -0.1) is 0 Å². The summed E-state index contributed by atoms with van der Waals surface area (Å²) in [7, 11) is 2.01. The predicted molar refractivity (Wildman–Crippen MR) is 85.1 cm³/mol. The standard InChI is InChI=1S/C16H29N5/c1-13-15(11-18-19(13)2)16(10-17)21-9-6-14(12-21)20-7-4-3-5-8-20/h11,14,16H,3-10,12,17H2,1-2H3. The van der Waals surface area contributed by atoms with Crippen molar-refractivity contribution in [2.45, 2.75) is 44.7 Å². The van der Waals surface area contributed by atoms with Crippen molar-refractivity contribution in [1.29, 1.82) is 0 Å². The van der Waals surface area contributed by atoms with E-state index < -0.39 is 0 Å². The highest BCUT2D eigenvalue weighted by Crippen LogP contribution is 2.29. The first-order valence-electron chi connectivity index (χ1n) is 8.37. The maximum absolute atomic E-state index is 6.09. The summed E-state index contributed by atoms with van der Waals surface area (Å²) >= 11 is 0. The summed E-state index contributed by atoms with van der Waals surface area (Å²) in [5, 5.41) is 4.39. The molecule has 5 heteroatoms. The van der Waals surface area contributed by atoms with Crippen molar-refractivity contribution in [3.8, 4) is 0 Å². The first kappa shape index (κ1) is 15.0. The Morgan fingerprint density at radius 3 is 2.67 bits per heavy atom. The Bertz CT molecular complexity index is 463. The van der Waals surface area contributed by atoms with Crippen LogP contribution in [0.15, 0.2) is 6.20 Å². The topological polar surface area (TPSA) is 50.3 Å². The van der Waals surface area contributed by atoms with Crippen LogP contribution in [0.4, 0.5) is 0 Å². The second-order valence-electron chi connectivity index (χ2n) is 6.59. The molecule has 118 valence electrons. The Balaban J connectivity index is 1.67. The van der Waals surface area contributed by atoms with Crippen LogP contribution in [0.2, 0.25) is 0 Å². The van der Waals surface area contributed by atoms with Crippen LogP contribution in [-0.4, -0.2) is 58.3 Å². The Kier molecular flexibility index (Phi) is 4.62. The lowest BCUT2D eigenvalue weighted by atomic mass is 10.1. The van der Waals surface area contributed by atoms with E-state index in [0.717, 1.165) is 19.1 Å². The highest BCUT2D eigenvalue weighted by atomic mass is 15.3. The number of aryl methyl sites for hydroxylation is 1. The summed E-state index contributed by atoms with van der Waals surface area (Å²) in [5.74, 6) is 0. The molecule has 0 bridgehead atoms. The van der Waals surface area contributed by atoms with E-state index in [0.29, 0.717) is 12.6 Å². The van der Waals surface area contributed by atoms with Gasteiger partial charge in [-0.25, -0.2) is 0 Å². The second kappa shape index (κ2) is 6.46. The molecular weight excluding hydrogens is 262 g/mol. The minimum absolute atomic E-state index is 0.327. The van der Waals surface area contributed by atoms with Gasteiger partial charge in [0.1, 0.15) is 0 Å². The number of likely N-dealkylation sites (tertiary alicyclic amines) is 2. The van der Waals surface area contributed by atoms with Crippen molar-refractivity contribution < 1.29 is 0 Å². The summed E-state index contributed by atoms with van der Waals surface area (Å²) in [4.78, 5) is 5.27. The first-order chi connectivity index (χ1) is 10.2. The minimum atomic E-state index is 0.327. The molecule has 0 amide bonds. The zero-order chi connectivity index (χ0) is 14.8. The van der Waals surface area contributed by atoms with Crippen molar-refractivity contribution in [3.05, 3.63) is 17.5 Å². The molecule has 0 saturated carbocycles. The van der Waals surface area contributed by atoms with Gasteiger partial charge in [-0.2, -0.15) is 5.10 Å². The predicted octanol–water partition coefficient (Wildman–Crippen LogP) is 1.29. The molecule has 21 heavy (non-hydrogen) atoms. The van der Waals surface area contributed by atoms with Gasteiger partial charge in [-0.1, -0.05) is 6.42 Å². The lowest BCUT2D eigenvalue weighted by Gasteiger charge is -2.33. The Labute approximate surface area is 128 Å². The molecule has 2 N–H and O–H groups in total. The Morgan fingerprint density at radius 2 is 2.05 bits per heavy atom. The lowest BCUT2D eigenvalue weighted by Crippen LogP contribution is -2.42. The van der Waals surface area contributed by atoms with Gasteiger partial charge < -0.3 is 5.73 Å². The molecule has 1 aromatic rings. The normalized spacial score (nSPS) is 26.3. The van der Waals surface area contributed by atoms with Crippen LogP contribution >= 0.6 is 0 Å². The fourth-order valence-corrected chi connectivity index (χ4v) is 3.95. The van der Waals surface area contributed by atoms with Gasteiger partial charge in [0, 0.05) is 44.0 Å². The van der Waals surface area contributed by atoms with Crippen LogP contribution in [-0.2, 0) is 7.05 Å². The van der Waals surface area contributed by atoms with E-state index in [2.05, 4.69) is 21.8 Å². The van der Waals surface area contributed by atoms with E-state index >= 15 is 0 Å². The van der Waals surface area contributed by atoms with Crippen molar-refractivity contribution in [2.75, 3.05) is 32.7 Å². The second-order valence-corrected chi connectivity index (χ2v) is 6.59. The smallest absolute Gasteiger partial charge is 0.0540 e. The van der Waals surface area contributed by atoms with Crippen LogP contribution in [0.25, 0.3) is 0 Å². The van der Waals surface area contributed by atoms with Crippen LogP contribution in [0.3, 0.4) is 0 Å². The number of piperidine rings is 1. The van der Waals surface area contributed by atoms with Crippen molar-refractivity contribution in [1.82, 2.24) is 19.6 Å². The average molecular weight is 291 g/mol. The van der Waals surface area contributed by atoms with Gasteiger partial charge >= 0.3 is 0 Å². The number of hydrogen-bond acceptors (Lipinski definition) is 4. The zero-order valence-corrected chi connectivity index (χ0v) is 13.5. The maximum Gasteiger partial charge on any atom is 0.0540 e. The maximum atomic E-state index is 6.09. The molecule has 2 saturated heterocycles. The van der Waals surface area contributed by atoms with Gasteiger partial charge in [0.05, 0.1) is 12.2 Å². The molecule has 2 atom stereocenters. The lowest BCUT2D eigenvalue weighted by molar-refractivity contribution is 0.152. The summed E-state index contributed by atoms with van der Waals surface area (Å²) < 4.78 is 1.95. The fourth-order valence-electron chi connectivity index (χ4n) is 3.95. The number of aromatic nitrogens is 2. The fraction of sp³-hybridized carbons (Fsp3) is 0.812. The van der Waals surface area contributed by atoms with E-state index in [1.165, 1.54) is 50.0 Å². The van der Waals surface area contributed by atoms with Crippen LogP contribution in [0.5, 0.6) is 0 Å². The minimum Gasteiger partial charge on any atom is -0.329 e. The molecule has 1 aromatic heterocycles. The summed E-state index contributed by atoms with van der Waals surface area (Å²) in [6.07, 6.45) is 7.45. The van der Waals surface area contributed by atoms with E-state index in [-0.39, 0.29) is 0 Å². The van der Waals surface area contributed by atoms with Gasteiger partial charge in [-0.3, -0.25) is 14.5 Å². The molecule has 2 fully saturated rings.